The van der Waals surface area contributed by atoms with E-state index in [1.807, 2.05) is 19.2 Å². The minimum Gasteiger partial charge on any atom is -0.340 e. The van der Waals surface area contributed by atoms with Gasteiger partial charge in [-0.2, -0.15) is 13.2 Å². The highest BCUT2D eigenvalue weighted by atomic mass is 35.5. The van der Waals surface area contributed by atoms with Gasteiger partial charge in [0.2, 0.25) is 5.91 Å². The summed E-state index contributed by atoms with van der Waals surface area (Å²) in [5, 5.41) is 7.16. The number of nitrogens with one attached hydrogen (secondary N) is 2. The highest BCUT2D eigenvalue weighted by Crippen LogP contribution is 2.51. The van der Waals surface area contributed by atoms with E-state index < -0.39 is 23.7 Å². The number of carbonyl (C=O) groups excluding carboxylic acids is 2. The van der Waals surface area contributed by atoms with Crippen molar-refractivity contribution in [3.05, 3.63) is 70.2 Å². The topological polar surface area (TPSA) is 64.7 Å². The lowest BCUT2D eigenvalue weighted by atomic mass is 10.0. The molecular weight excluding hydrogens is 529 g/mol. The van der Waals surface area contributed by atoms with Crippen LogP contribution in [0.5, 0.6) is 0 Å². The summed E-state index contributed by atoms with van der Waals surface area (Å²) in [7, 11) is 2.00. The Labute approximate surface area is 232 Å². The highest BCUT2D eigenvalue weighted by molar-refractivity contribution is 6.30. The second-order valence-corrected chi connectivity index (χ2v) is 11.3. The summed E-state index contributed by atoms with van der Waals surface area (Å²) in [6.45, 7) is 5.65. The third kappa shape index (κ3) is 7.74. The van der Waals surface area contributed by atoms with E-state index in [2.05, 4.69) is 34.6 Å². The molecule has 1 aliphatic carbocycles. The van der Waals surface area contributed by atoms with E-state index in [1.165, 1.54) is 5.56 Å². The summed E-state index contributed by atoms with van der Waals surface area (Å²) in [4.78, 5) is 30.1. The van der Waals surface area contributed by atoms with Gasteiger partial charge in [0.1, 0.15) is 6.04 Å². The summed E-state index contributed by atoms with van der Waals surface area (Å²) >= 11 is 6.01. The number of hydrogen-bond donors (Lipinski definition) is 2. The van der Waals surface area contributed by atoms with E-state index in [0.29, 0.717) is 31.8 Å². The van der Waals surface area contributed by atoms with Crippen molar-refractivity contribution in [2.75, 3.05) is 39.8 Å². The monoisotopic (exact) mass is 564 g/mol. The van der Waals surface area contributed by atoms with Gasteiger partial charge in [-0.15, -0.1) is 0 Å². The van der Waals surface area contributed by atoms with Crippen LogP contribution >= 0.6 is 11.6 Å². The van der Waals surface area contributed by atoms with Gasteiger partial charge in [0.05, 0.1) is 5.56 Å². The van der Waals surface area contributed by atoms with Crippen molar-refractivity contribution < 1.29 is 22.8 Å². The Morgan fingerprint density at radius 3 is 2.28 bits per heavy atom. The molecule has 0 aromatic heterocycles. The molecule has 2 aromatic carbocycles. The van der Waals surface area contributed by atoms with Crippen LogP contribution in [0.15, 0.2) is 48.5 Å². The number of unbranched alkanes of at least 4 members (excludes halogenated alkanes) is 1. The molecule has 2 N–H and O–H groups in total. The molecule has 2 fully saturated rings. The fourth-order valence-corrected chi connectivity index (χ4v) is 5.27. The second kappa shape index (κ2) is 12.3. The Morgan fingerprint density at radius 1 is 1.03 bits per heavy atom. The smallest absolute Gasteiger partial charge is 0.340 e. The van der Waals surface area contributed by atoms with Gasteiger partial charge in [-0.05, 0) is 88.2 Å². The predicted octanol–water partition coefficient (Wildman–Crippen LogP) is 4.94. The van der Waals surface area contributed by atoms with Crippen LogP contribution in [0.1, 0.15) is 60.0 Å². The van der Waals surface area contributed by atoms with Crippen LogP contribution in [-0.2, 0) is 11.0 Å². The minimum atomic E-state index is -4.48. The number of hydrogen-bond acceptors (Lipinski definition) is 4. The van der Waals surface area contributed by atoms with E-state index in [4.69, 9.17) is 11.6 Å². The van der Waals surface area contributed by atoms with E-state index in [9.17, 15) is 22.8 Å². The van der Waals surface area contributed by atoms with Crippen molar-refractivity contribution in [3.8, 4) is 0 Å². The van der Waals surface area contributed by atoms with Gasteiger partial charge in [0, 0.05) is 48.2 Å². The maximum atomic E-state index is 13.3. The average molecular weight is 565 g/mol. The number of piperazine rings is 1. The standard InChI is InChI=1S/C29H36ClF3N4O2/c1-28(19-24(28)20-8-12-23(30)13-9-20)34-14-4-3-5-25(27(39)37-17-15-36(2)16-18-37)35-26(38)21-6-10-22(11-7-21)29(31,32)33/h6-13,24-25,34H,3-5,14-19H2,1-2H3,(H,35,38)/t24-,25-,28?/m0/s1. The van der Waals surface area contributed by atoms with Crippen LogP contribution in [0, 0.1) is 0 Å². The number of amides is 2. The Kier molecular flexibility index (Phi) is 9.24. The lowest BCUT2D eigenvalue weighted by Gasteiger charge is -2.35. The molecule has 0 bridgehead atoms. The molecule has 2 aromatic rings. The Bertz CT molecular complexity index is 1130. The zero-order valence-corrected chi connectivity index (χ0v) is 23.1. The fourth-order valence-electron chi connectivity index (χ4n) is 5.15. The Morgan fingerprint density at radius 2 is 1.67 bits per heavy atom. The molecule has 1 aliphatic heterocycles. The molecule has 1 heterocycles. The van der Waals surface area contributed by atoms with Gasteiger partial charge in [0.25, 0.3) is 5.91 Å². The van der Waals surface area contributed by atoms with Crippen LogP contribution in [-0.4, -0.2) is 73.0 Å². The van der Waals surface area contributed by atoms with Crippen molar-refractivity contribution >= 4 is 23.4 Å². The Balaban J connectivity index is 1.31. The first-order chi connectivity index (χ1) is 18.5. The first-order valence-electron chi connectivity index (χ1n) is 13.4. The molecule has 1 saturated heterocycles. The number of likely N-dealkylation sites (N-methyl/N-ethyl adjacent to an activating group) is 1. The second-order valence-electron chi connectivity index (χ2n) is 10.9. The molecule has 39 heavy (non-hydrogen) atoms. The lowest BCUT2D eigenvalue weighted by molar-refractivity contribution is -0.137. The largest absolute Gasteiger partial charge is 0.416 e. The Hall–Kier alpha value is -2.62. The summed E-state index contributed by atoms with van der Waals surface area (Å²) < 4.78 is 38.7. The van der Waals surface area contributed by atoms with Gasteiger partial charge in [-0.1, -0.05) is 23.7 Å². The molecule has 4 rings (SSSR count). The van der Waals surface area contributed by atoms with Gasteiger partial charge in [-0.25, -0.2) is 0 Å². The summed E-state index contributed by atoms with van der Waals surface area (Å²) in [6, 6.07) is 11.3. The van der Waals surface area contributed by atoms with Crippen molar-refractivity contribution in [2.45, 2.75) is 56.3 Å². The van der Waals surface area contributed by atoms with Crippen molar-refractivity contribution in [1.82, 2.24) is 20.4 Å². The third-order valence-corrected chi connectivity index (χ3v) is 8.10. The normalized spacial score (nSPS) is 22.4. The average Bonchev–Trinajstić information content (AvgIpc) is 3.58. The van der Waals surface area contributed by atoms with Crippen molar-refractivity contribution in [3.63, 3.8) is 0 Å². The number of alkyl halides is 3. The van der Waals surface area contributed by atoms with E-state index in [0.717, 1.165) is 61.8 Å². The molecule has 0 spiro atoms. The van der Waals surface area contributed by atoms with Gasteiger partial charge >= 0.3 is 6.18 Å². The van der Waals surface area contributed by atoms with Crippen LogP contribution in [0.2, 0.25) is 5.02 Å². The van der Waals surface area contributed by atoms with E-state index in [-0.39, 0.29) is 17.0 Å². The molecule has 6 nitrogen and oxygen atoms in total. The molecule has 2 amide bonds. The maximum Gasteiger partial charge on any atom is 0.416 e. The van der Waals surface area contributed by atoms with Crippen LogP contribution in [0.3, 0.4) is 0 Å². The first kappa shape index (κ1) is 29.4. The van der Waals surface area contributed by atoms with E-state index in [1.54, 1.807) is 4.90 Å². The van der Waals surface area contributed by atoms with Crippen molar-refractivity contribution in [2.24, 2.45) is 0 Å². The fraction of sp³-hybridized carbons (Fsp3) is 0.517. The first-order valence-corrected chi connectivity index (χ1v) is 13.8. The third-order valence-electron chi connectivity index (χ3n) is 7.85. The molecule has 1 unspecified atom stereocenters. The number of halogens is 4. The highest BCUT2D eigenvalue weighted by Gasteiger charge is 2.50. The zero-order chi connectivity index (χ0) is 28.2. The molecule has 3 atom stereocenters. The minimum absolute atomic E-state index is 0.0275. The molecule has 10 heteroatoms. The van der Waals surface area contributed by atoms with E-state index >= 15 is 0 Å². The van der Waals surface area contributed by atoms with Crippen molar-refractivity contribution in [1.29, 1.82) is 0 Å². The quantitative estimate of drug-likeness (QED) is 0.401. The molecule has 0 radical (unpaired) electrons. The van der Waals surface area contributed by atoms with Crippen LogP contribution in [0.4, 0.5) is 13.2 Å². The zero-order valence-electron chi connectivity index (χ0n) is 22.4. The maximum absolute atomic E-state index is 13.3. The molecule has 212 valence electrons. The van der Waals surface area contributed by atoms with Crippen LogP contribution < -0.4 is 10.6 Å². The SMILES string of the molecule is CN1CCN(C(=O)[C@H](CCCCNC2(C)C[C@H]2c2ccc(Cl)cc2)NC(=O)c2ccc(C(F)(F)F)cc2)CC1. The lowest BCUT2D eigenvalue weighted by Crippen LogP contribution is -2.54. The summed E-state index contributed by atoms with van der Waals surface area (Å²) in [5.74, 6) is -0.261. The summed E-state index contributed by atoms with van der Waals surface area (Å²) in [5.41, 5.74) is 0.563. The van der Waals surface area contributed by atoms with Crippen LogP contribution in [0.25, 0.3) is 0 Å². The van der Waals surface area contributed by atoms with Gasteiger partial charge in [-0.3, -0.25) is 9.59 Å². The number of nitrogens with zero attached hydrogens (tertiary/aromatic N) is 2. The number of benzene rings is 2. The molecule has 2 aliphatic rings. The molecule has 1 saturated carbocycles. The number of carbonyl (C=O) groups is 2. The van der Waals surface area contributed by atoms with Gasteiger partial charge in [0.15, 0.2) is 0 Å². The van der Waals surface area contributed by atoms with Gasteiger partial charge < -0.3 is 20.4 Å². The molecular formula is C29H36ClF3N4O2. The number of rotatable bonds is 10. The summed E-state index contributed by atoms with van der Waals surface area (Å²) in [6.07, 6.45) is -1.44. The predicted molar refractivity (Wildman–Crippen MR) is 146 cm³/mol.